The quantitative estimate of drug-likeness (QED) is 0.333. The number of nitrogens with zero attached hydrogens (tertiary/aromatic N) is 3. The van der Waals surface area contributed by atoms with Crippen LogP contribution in [0.15, 0.2) is 31.0 Å². The molecule has 3 heterocycles. The molecule has 1 saturated heterocycles. The number of pyridine rings is 1. The van der Waals surface area contributed by atoms with Gasteiger partial charge in [-0.15, -0.1) is 0 Å². The molecule has 0 spiro atoms. The zero-order valence-electron chi connectivity index (χ0n) is 21.9. The van der Waals surface area contributed by atoms with Gasteiger partial charge in [0, 0.05) is 31.0 Å². The van der Waals surface area contributed by atoms with Crippen LogP contribution in [0.4, 0.5) is 20.4 Å². The second-order valence-electron chi connectivity index (χ2n) is 9.84. The third kappa shape index (κ3) is 5.78. The summed E-state index contributed by atoms with van der Waals surface area (Å²) in [6, 6.07) is 2.82. The normalized spacial score (nSPS) is 19.0. The summed E-state index contributed by atoms with van der Waals surface area (Å²) >= 11 is 0. The Morgan fingerprint density at radius 1 is 1.15 bits per heavy atom. The molecule has 5 rings (SSSR count). The van der Waals surface area contributed by atoms with Crippen LogP contribution in [-0.4, -0.2) is 60.8 Å². The lowest BCUT2D eigenvalue weighted by Gasteiger charge is -2.32. The van der Waals surface area contributed by atoms with E-state index < -0.39 is 17.2 Å². The summed E-state index contributed by atoms with van der Waals surface area (Å²) in [7, 11) is 2.58. The number of anilines is 2. The van der Waals surface area contributed by atoms with Crippen molar-refractivity contribution in [2.75, 3.05) is 44.6 Å². The van der Waals surface area contributed by atoms with Crippen LogP contribution in [0.2, 0.25) is 0 Å². The maximum absolute atomic E-state index is 15.3. The van der Waals surface area contributed by atoms with Gasteiger partial charge in [0.15, 0.2) is 34.7 Å². The number of rotatable bonds is 11. The Bertz CT molecular complexity index is 1370. The number of halogens is 2. The van der Waals surface area contributed by atoms with Crippen LogP contribution >= 0.6 is 0 Å². The lowest BCUT2D eigenvalue weighted by Crippen LogP contribution is -2.39. The van der Waals surface area contributed by atoms with E-state index in [0.29, 0.717) is 54.6 Å². The molecule has 11 heteroatoms. The van der Waals surface area contributed by atoms with Crippen LogP contribution in [0.5, 0.6) is 11.5 Å². The number of ketones is 1. The van der Waals surface area contributed by atoms with Crippen molar-refractivity contribution in [3.63, 3.8) is 0 Å². The van der Waals surface area contributed by atoms with Gasteiger partial charge in [-0.25, -0.2) is 23.7 Å². The lowest BCUT2D eigenvalue weighted by molar-refractivity contribution is -0.116. The smallest absolute Gasteiger partial charge is 0.179 e. The van der Waals surface area contributed by atoms with Crippen molar-refractivity contribution in [2.24, 2.45) is 11.8 Å². The Labute approximate surface area is 225 Å². The number of aromatic nitrogens is 3. The summed E-state index contributed by atoms with van der Waals surface area (Å²) in [5.74, 6) is -0.800. The Kier molecular flexibility index (Phi) is 7.87. The molecule has 9 nitrogen and oxygen atoms in total. The zero-order chi connectivity index (χ0) is 27.5. The highest BCUT2D eigenvalue weighted by atomic mass is 19.1. The average molecular weight is 540 g/mol. The van der Waals surface area contributed by atoms with Gasteiger partial charge in [0.05, 0.1) is 44.1 Å². The first-order valence-electron chi connectivity index (χ1n) is 12.9. The van der Waals surface area contributed by atoms with E-state index in [1.54, 1.807) is 6.07 Å². The number of carbonyl (C=O) groups excluding carboxylic acids is 1. The molecule has 39 heavy (non-hydrogen) atoms. The highest BCUT2D eigenvalue weighted by Gasteiger charge is 2.29. The SMILES string of the molecule is C=CC(=O)C[C@H]1CCOC[C@H]1Nc1cc2c(NCC3CC3)nc(-c3c(F)c(OC)cc(OC)c3F)nc2cn1. The summed E-state index contributed by atoms with van der Waals surface area (Å²) in [6.45, 7) is 5.28. The molecule has 0 radical (unpaired) electrons. The largest absolute Gasteiger partial charge is 0.494 e. The number of hydrogen-bond acceptors (Lipinski definition) is 9. The molecule has 2 aliphatic rings. The van der Waals surface area contributed by atoms with Crippen LogP contribution < -0.4 is 20.1 Å². The van der Waals surface area contributed by atoms with E-state index in [4.69, 9.17) is 14.2 Å². The van der Waals surface area contributed by atoms with Gasteiger partial charge in [0.2, 0.25) is 0 Å². The van der Waals surface area contributed by atoms with Crippen LogP contribution in [0, 0.1) is 23.5 Å². The lowest BCUT2D eigenvalue weighted by atomic mass is 9.89. The number of nitrogens with one attached hydrogen (secondary N) is 2. The minimum Gasteiger partial charge on any atom is -0.494 e. The van der Waals surface area contributed by atoms with E-state index in [1.165, 1.54) is 26.5 Å². The molecule has 0 unspecified atom stereocenters. The molecule has 2 fully saturated rings. The molecule has 1 saturated carbocycles. The number of carbonyl (C=O) groups is 1. The summed E-state index contributed by atoms with van der Waals surface area (Å²) < 4.78 is 46.4. The first-order chi connectivity index (χ1) is 18.9. The van der Waals surface area contributed by atoms with Crippen LogP contribution in [0.25, 0.3) is 22.3 Å². The third-order valence-corrected chi connectivity index (χ3v) is 7.16. The molecule has 3 aromatic rings. The maximum Gasteiger partial charge on any atom is 0.179 e. The second kappa shape index (κ2) is 11.5. The molecule has 1 aromatic carbocycles. The van der Waals surface area contributed by atoms with E-state index in [9.17, 15) is 4.79 Å². The van der Waals surface area contributed by atoms with Crippen molar-refractivity contribution in [3.05, 3.63) is 42.6 Å². The van der Waals surface area contributed by atoms with E-state index >= 15 is 8.78 Å². The van der Waals surface area contributed by atoms with Gasteiger partial charge in [-0.05, 0) is 43.2 Å². The number of hydrogen-bond donors (Lipinski definition) is 2. The molecule has 0 bridgehead atoms. The zero-order valence-corrected chi connectivity index (χ0v) is 21.9. The van der Waals surface area contributed by atoms with Crippen molar-refractivity contribution >= 4 is 28.3 Å². The van der Waals surface area contributed by atoms with Crippen molar-refractivity contribution in [3.8, 4) is 22.9 Å². The first kappa shape index (κ1) is 26.7. The van der Waals surface area contributed by atoms with Gasteiger partial charge in [-0.2, -0.15) is 0 Å². The van der Waals surface area contributed by atoms with Crippen molar-refractivity contribution in [2.45, 2.75) is 31.7 Å². The fourth-order valence-electron chi connectivity index (χ4n) is 4.72. The number of ether oxygens (including phenoxy) is 3. The van der Waals surface area contributed by atoms with Gasteiger partial charge < -0.3 is 24.8 Å². The molecule has 2 N–H and O–H groups in total. The number of benzene rings is 1. The van der Waals surface area contributed by atoms with Gasteiger partial charge in [0.25, 0.3) is 0 Å². The Morgan fingerprint density at radius 2 is 1.90 bits per heavy atom. The van der Waals surface area contributed by atoms with Gasteiger partial charge in [-0.3, -0.25) is 4.79 Å². The topological polar surface area (TPSA) is 107 Å². The predicted molar refractivity (Wildman–Crippen MR) is 143 cm³/mol. The first-order valence-corrected chi connectivity index (χ1v) is 12.9. The summed E-state index contributed by atoms with van der Waals surface area (Å²) in [6.07, 6.45) is 6.22. The summed E-state index contributed by atoms with van der Waals surface area (Å²) in [4.78, 5) is 25.5. The van der Waals surface area contributed by atoms with E-state index in [-0.39, 0.29) is 35.1 Å². The predicted octanol–water partition coefficient (Wildman–Crippen LogP) is 4.77. The number of allylic oxidation sites excluding steroid dienone is 1. The van der Waals surface area contributed by atoms with Crippen LogP contribution in [0.1, 0.15) is 25.7 Å². The van der Waals surface area contributed by atoms with Crippen molar-refractivity contribution in [1.82, 2.24) is 15.0 Å². The van der Waals surface area contributed by atoms with Gasteiger partial charge in [-0.1, -0.05) is 6.58 Å². The number of methoxy groups -OCH3 is 2. The summed E-state index contributed by atoms with van der Waals surface area (Å²) in [5, 5.41) is 7.37. The minimum atomic E-state index is -0.924. The van der Waals surface area contributed by atoms with E-state index in [2.05, 4.69) is 32.2 Å². The van der Waals surface area contributed by atoms with E-state index in [1.807, 2.05) is 0 Å². The minimum absolute atomic E-state index is 0.0127. The summed E-state index contributed by atoms with van der Waals surface area (Å²) in [5.41, 5.74) is -0.0402. The molecule has 0 amide bonds. The highest BCUT2D eigenvalue weighted by Crippen LogP contribution is 2.38. The maximum atomic E-state index is 15.3. The Morgan fingerprint density at radius 3 is 2.56 bits per heavy atom. The molecule has 2 aromatic heterocycles. The molecule has 1 aliphatic carbocycles. The average Bonchev–Trinajstić information content (AvgIpc) is 3.78. The molecule has 2 atom stereocenters. The Hall–Kier alpha value is -3.86. The van der Waals surface area contributed by atoms with Crippen molar-refractivity contribution < 1.29 is 27.8 Å². The molecular weight excluding hydrogens is 508 g/mol. The molecule has 206 valence electrons. The third-order valence-electron chi connectivity index (χ3n) is 7.16. The van der Waals surface area contributed by atoms with Crippen LogP contribution in [0.3, 0.4) is 0 Å². The van der Waals surface area contributed by atoms with Gasteiger partial charge in [0.1, 0.15) is 11.6 Å². The second-order valence-corrected chi connectivity index (χ2v) is 9.84. The van der Waals surface area contributed by atoms with Gasteiger partial charge >= 0.3 is 0 Å². The molecule has 1 aliphatic heterocycles. The standard InChI is InChI=1S/C28H31F2N5O4/c1-4-17(36)9-16-7-8-39-14-20(16)33-23-10-18-19(13-31-23)34-28(35-27(18)32-12-15-5-6-15)24-25(29)21(37-2)11-22(38-3)26(24)30/h4,10-11,13,15-16,20H,1,5-9,12,14H2,2-3H3,(H,31,33)(H,32,34,35)/t16-,20-/m1/s1. The fourth-order valence-corrected chi connectivity index (χ4v) is 4.72. The number of fused-ring (bicyclic) bond motifs is 1. The monoisotopic (exact) mass is 539 g/mol. The molecular formula is C28H31F2N5O4. The van der Waals surface area contributed by atoms with Crippen LogP contribution in [-0.2, 0) is 9.53 Å². The fraction of sp³-hybridized carbons (Fsp3) is 0.429. The van der Waals surface area contributed by atoms with Crippen molar-refractivity contribution in [1.29, 1.82) is 0 Å². The highest BCUT2D eigenvalue weighted by molar-refractivity contribution is 5.92. The van der Waals surface area contributed by atoms with E-state index in [0.717, 1.165) is 25.3 Å². The Balaban J connectivity index is 1.54.